The Labute approximate surface area is 109 Å². The van der Waals surface area contributed by atoms with Crippen LogP contribution >= 0.6 is 23.1 Å². The summed E-state index contributed by atoms with van der Waals surface area (Å²) in [4.78, 5) is 5.56. The maximum atomic E-state index is 5.33. The molecule has 2 aromatic heterocycles. The van der Waals surface area contributed by atoms with E-state index in [0.717, 1.165) is 28.9 Å². The zero-order valence-electron chi connectivity index (χ0n) is 9.46. The van der Waals surface area contributed by atoms with Crippen molar-refractivity contribution in [1.82, 2.24) is 10.1 Å². The smallest absolute Gasteiger partial charge is 0.227 e. The summed E-state index contributed by atoms with van der Waals surface area (Å²) in [5, 5.41) is 6.07. The molecule has 0 amide bonds. The highest BCUT2D eigenvalue weighted by Gasteiger charge is 2.18. The molecule has 2 aromatic rings. The average Bonchev–Trinajstić information content (AvgIpc) is 3.00. The molecule has 3 nitrogen and oxygen atoms in total. The Morgan fingerprint density at radius 3 is 3.00 bits per heavy atom. The number of hydrogen-bond acceptors (Lipinski definition) is 5. The molecule has 0 aromatic carbocycles. The van der Waals surface area contributed by atoms with E-state index >= 15 is 0 Å². The third-order valence-electron chi connectivity index (χ3n) is 3.01. The largest absolute Gasteiger partial charge is 0.339 e. The second-order valence-electron chi connectivity index (χ2n) is 4.25. The summed E-state index contributed by atoms with van der Waals surface area (Å²) in [6, 6.07) is 4.03. The Balaban J connectivity index is 1.68. The Kier molecular flexibility index (Phi) is 3.47. The monoisotopic (exact) mass is 266 g/mol. The first-order valence-electron chi connectivity index (χ1n) is 5.86. The number of thioether (sulfide) groups is 1. The Bertz CT molecular complexity index is 461. The van der Waals surface area contributed by atoms with Crippen molar-refractivity contribution in [1.29, 1.82) is 0 Å². The van der Waals surface area contributed by atoms with Gasteiger partial charge in [-0.1, -0.05) is 11.2 Å². The van der Waals surface area contributed by atoms with Gasteiger partial charge >= 0.3 is 0 Å². The fourth-order valence-electron chi connectivity index (χ4n) is 2.04. The van der Waals surface area contributed by atoms with Crippen LogP contribution in [0, 0.1) is 5.92 Å². The first-order chi connectivity index (χ1) is 8.42. The van der Waals surface area contributed by atoms with Gasteiger partial charge in [-0.2, -0.15) is 16.7 Å². The van der Waals surface area contributed by atoms with E-state index < -0.39 is 0 Å². The summed E-state index contributed by atoms with van der Waals surface area (Å²) in [5.41, 5.74) is 0. The fourth-order valence-corrected chi connectivity index (χ4v) is 3.89. The minimum atomic E-state index is 0.730. The van der Waals surface area contributed by atoms with E-state index in [9.17, 15) is 0 Å². The summed E-state index contributed by atoms with van der Waals surface area (Å²) in [5.74, 6) is 4.81. The average molecular weight is 266 g/mol. The van der Waals surface area contributed by atoms with Gasteiger partial charge in [-0.05, 0) is 41.7 Å². The van der Waals surface area contributed by atoms with Crippen LogP contribution in [-0.2, 0) is 6.42 Å². The van der Waals surface area contributed by atoms with E-state index in [0.29, 0.717) is 0 Å². The van der Waals surface area contributed by atoms with Gasteiger partial charge in [0.25, 0.3) is 0 Å². The van der Waals surface area contributed by atoms with Gasteiger partial charge in [-0.25, -0.2) is 0 Å². The number of nitrogens with zero attached hydrogens (tertiary/aromatic N) is 2. The highest BCUT2D eigenvalue weighted by molar-refractivity contribution is 7.99. The van der Waals surface area contributed by atoms with Crippen LogP contribution in [0.3, 0.4) is 0 Å². The van der Waals surface area contributed by atoms with Crippen molar-refractivity contribution in [3.63, 3.8) is 0 Å². The molecule has 0 N–H and O–H groups in total. The lowest BCUT2D eigenvalue weighted by atomic mass is 9.99. The first-order valence-corrected chi connectivity index (χ1v) is 7.89. The molecule has 1 aliphatic rings. The Morgan fingerprint density at radius 2 is 2.24 bits per heavy atom. The van der Waals surface area contributed by atoms with Crippen LogP contribution in [0.4, 0.5) is 0 Å². The third-order valence-corrected chi connectivity index (χ3v) is 4.93. The highest BCUT2D eigenvalue weighted by Crippen LogP contribution is 2.27. The van der Waals surface area contributed by atoms with Crippen LogP contribution in [0.15, 0.2) is 22.0 Å². The lowest BCUT2D eigenvalue weighted by molar-refractivity contribution is 0.345. The summed E-state index contributed by atoms with van der Waals surface area (Å²) in [7, 11) is 0. The summed E-state index contributed by atoms with van der Waals surface area (Å²) in [6.07, 6.45) is 3.50. The van der Waals surface area contributed by atoms with Gasteiger partial charge in [0.1, 0.15) is 0 Å². The molecule has 3 rings (SSSR count). The quantitative estimate of drug-likeness (QED) is 0.852. The predicted octanol–water partition coefficient (Wildman–Crippen LogP) is 3.48. The molecule has 0 saturated carbocycles. The number of hydrogen-bond donors (Lipinski definition) is 0. The van der Waals surface area contributed by atoms with Crippen LogP contribution in [0.5, 0.6) is 0 Å². The molecule has 90 valence electrons. The van der Waals surface area contributed by atoms with Crippen molar-refractivity contribution in [3.05, 3.63) is 23.4 Å². The highest BCUT2D eigenvalue weighted by atomic mass is 32.2. The fraction of sp³-hybridized carbons (Fsp3) is 0.500. The lowest BCUT2D eigenvalue weighted by Crippen LogP contribution is -2.12. The zero-order chi connectivity index (χ0) is 11.5. The first kappa shape index (κ1) is 11.3. The van der Waals surface area contributed by atoms with E-state index in [1.165, 1.54) is 24.3 Å². The van der Waals surface area contributed by atoms with Crippen LogP contribution < -0.4 is 0 Å². The van der Waals surface area contributed by atoms with Crippen molar-refractivity contribution >= 4 is 23.1 Å². The third kappa shape index (κ3) is 2.72. The molecule has 0 spiro atoms. The van der Waals surface area contributed by atoms with Gasteiger partial charge < -0.3 is 4.52 Å². The van der Waals surface area contributed by atoms with Gasteiger partial charge in [0, 0.05) is 6.42 Å². The Hall–Kier alpha value is -0.810. The number of aromatic nitrogens is 2. The SMILES string of the molecule is c1csc(-c2noc(CC3CCSCC3)n2)c1. The second-order valence-corrected chi connectivity index (χ2v) is 6.42. The van der Waals surface area contributed by atoms with Crippen LogP contribution in [0.1, 0.15) is 18.7 Å². The molecule has 0 bridgehead atoms. The van der Waals surface area contributed by atoms with Crippen molar-refractivity contribution in [2.24, 2.45) is 5.92 Å². The van der Waals surface area contributed by atoms with Crippen molar-refractivity contribution in [2.45, 2.75) is 19.3 Å². The molecule has 1 aliphatic heterocycles. The maximum Gasteiger partial charge on any atom is 0.227 e. The number of thiophene rings is 1. The van der Waals surface area contributed by atoms with E-state index in [1.807, 2.05) is 29.3 Å². The molecule has 5 heteroatoms. The van der Waals surface area contributed by atoms with E-state index in [-0.39, 0.29) is 0 Å². The van der Waals surface area contributed by atoms with E-state index in [1.54, 1.807) is 11.3 Å². The van der Waals surface area contributed by atoms with Crippen LogP contribution in [-0.4, -0.2) is 21.6 Å². The van der Waals surface area contributed by atoms with Gasteiger partial charge in [-0.3, -0.25) is 0 Å². The standard InChI is InChI=1S/C12H14N2OS2/c1-2-10(17-5-1)12-13-11(15-14-12)8-9-3-6-16-7-4-9/h1-2,5,9H,3-4,6-8H2. The van der Waals surface area contributed by atoms with Crippen molar-refractivity contribution < 1.29 is 4.52 Å². The van der Waals surface area contributed by atoms with E-state index in [4.69, 9.17) is 4.52 Å². The molecule has 0 radical (unpaired) electrons. The summed E-state index contributed by atoms with van der Waals surface area (Å²) < 4.78 is 5.33. The van der Waals surface area contributed by atoms with Crippen molar-refractivity contribution in [3.8, 4) is 10.7 Å². The molecular weight excluding hydrogens is 252 g/mol. The predicted molar refractivity (Wildman–Crippen MR) is 71.4 cm³/mol. The summed E-state index contributed by atoms with van der Waals surface area (Å²) in [6.45, 7) is 0. The molecule has 0 atom stereocenters. The summed E-state index contributed by atoms with van der Waals surface area (Å²) >= 11 is 3.69. The van der Waals surface area contributed by atoms with Crippen molar-refractivity contribution in [2.75, 3.05) is 11.5 Å². The van der Waals surface area contributed by atoms with E-state index in [2.05, 4.69) is 10.1 Å². The molecular formula is C12H14N2OS2. The van der Waals surface area contributed by atoms with Crippen LogP contribution in [0.25, 0.3) is 10.7 Å². The van der Waals surface area contributed by atoms with Crippen LogP contribution in [0.2, 0.25) is 0 Å². The maximum absolute atomic E-state index is 5.33. The molecule has 0 unspecified atom stereocenters. The molecule has 1 fully saturated rings. The second kappa shape index (κ2) is 5.23. The van der Waals surface area contributed by atoms with Gasteiger partial charge in [0.15, 0.2) is 0 Å². The lowest BCUT2D eigenvalue weighted by Gasteiger charge is -2.19. The minimum absolute atomic E-state index is 0.730. The minimum Gasteiger partial charge on any atom is -0.339 e. The number of rotatable bonds is 3. The normalized spacial score (nSPS) is 17.4. The topological polar surface area (TPSA) is 38.9 Å². The molecule has 0 aliphatic carbocycles. The van der Waals surface area contributed by atoms with Gasteiger partial charge in [0.05, 0.1) is 4.88 Å². The Morgan fingerprint density at radius 1 is 1.35 bits per heavy atom. The molecule has 1 saturated heterocycles. The molecule has 3 heterocycles. The van der Waals surface area contributed by atoms with Gasteiger partial charge in [-0.15, -0.1) is 11.3 Å². The van der Waals surface area contributed by atoms with Gasteiger partial charge in [0.2, 0.25) is 11.7 Å². The molecule has 17 heavy (non-hydrogen) atoms. The zero-order valence-corrected chi connectivity index (χ0v) is 11.1.